The highest BCUT2D eigenvalue weighted by atomic mass is 19.1. The van der Waals surface area contributed by atoms with Gasteiger partial charge in [0.15, 0.2) is 0 Å². The summed E-state index contributed by atoms with van der Waals surface area (Å²) in [5.74, 6) is -0.171. The van der Waals surface area contributed by atoms with E-state index in [0.717, 1.165) is 18.7 Å². The summed E-state index contributed by atoms with van der Waals surface area (Å²) in [6, 6.07) is 7.60. The minimum Gasteiger partial charge on any atom is -0.313 e. The Balaban J connectivity index is 1.80. The fourth-order valence-electron chi connectivity index (χ4n) is 2.29. The third-order valence-electron chi connectivity index (χ3n) is 3.45. The molecule has 0 spiro atoms. The smallest absolute Gasteiger partial charge is 0.123 e. The molecule has 1 aliphatic heterocycles. The highest BCUT2D eigenvalue weighted by Crippen LogP contribution is 2.13. The van der Waals surface area contributed by atoms with E-state index < -0.39 is 0 Å². The lowest BCUT2D eigenvalue weighted by molar-refractivity contribution is 0.371. The third-order valence-corrected chi connectivity index (χ3v) is 3.45. The normalized spacial score (nSPS) is 22.4. The summed E-state index contributed by atoms with van der Waals surface area (Å²) in [4.78, 5) is 0. The lowest BCUT2D eigenvalue weighted by Crippen LogP contribution is -2.42. The summed E-state index contributed by atoms with van der Waals surface area (Å²) in [5.41, 5.74) is 1.14. The summed E-state index contributed by atoms with van der Waals surface area (Å²) >= 11 is 0. The van der Waals surface area contributed by atoms with Crippen molar-refractivity contribution in [1.29, 1.82) is 0 Å². The molecule has 3 heteroatoms. The van der Waals surface area contributed by atoms with Crippen LogP contribution in [-0.2, 0) is 0 Å². The van der Waals surface area contributed by atoms with Gasteiger partial charge in [-0.25, -0.2) is 4.39 Å². The molecule has 1 saturated heterocycles. The van der Waals surface area contributed by atoms with Crippen molar-refractivity contribution in [3.63, 3.8) is 0 Å². The van der Waals surface area contributed by atoms with Gasteiger partial charge in [-0.3, -0.25) is 0 Å². The van der Waals surface area contributed by atoms with Crippen molar-refractivity contribution in [2.75, 3.05) is 13.1 Å². The van der Waals surface area contributed by atoms with Crippen LogP contribution in [0.4, 0.5) is 4.39 Å². The molecular weight excluding hydrogens is 215 g/mol. The second-order valence-electron chi connectivity index (χ2n) is 4.83. The van der Waals surface area contributed by atoms with Gasteiger partial charge in [-0.2, -0.15) is 0 Å². The molecule has 0 radical (unpaired) electrons. The first-order valence-electron chi connectivity index (χ1n) is 6.48. The summed E-state index contributed by atoms with van der Waals surface area (Å²) in [7, 11) is 0. The van der Waals surface area contributed by atoms with Gasteiger partial charge in [-0.05, 0) is 44.0 Å². The van der Waals surface area contributed by atoms with Crippen LogP contribution < -0.4 is 10.6 Å². The van der Waals surface area contributed by atoms with Gasteiger partial charge >= 0.3 is 0 Å². The van der Waals surface area contributed by atoms with Gasteiger partial charge in [0, 0.05) is 18.6 Å². The van der Waals surface area contributed by atoms with E-state index in [1.165, 1.54) is 31.4 Å². The Morgan fingerprint density at radius 3 is 2.76 bits per heavy atom. The summed E-state index contributed by atoms with van der Waals surface area (Å²) < 4.78 is 12.8. The molecule has 2 nitrogen and oxygen atoms in total. The number of hydrogen-bond donors (Lipinski definition) is 2. The monoisotopic (exact) mass is 236 g/mol. The summed E-state index contributed by atoms with van der Waals surface area (Å²) in [5, 5.41) is 7.02. The lowest BCUT2D eigenvalue weighted by atomic mass is 10.0. The third kappa shape index (κ3) is 3.79. The zero-order valence-electron chi connectivity index (χ0n) is 10.4. The van der Waals surface area contributed by atoms with Crippen molar-refractivity contribution in [2.45, 2.75) is 38.3 Å². The molecule has 0 aliphatic carbocycles. The topological polar surface area (TPSA) is 24.1 Å². The molecule has 2 unspecified atom stereocenters. The number of benzene rings is 1. The van der Waals surface area contributed by atoms with Crippen LogP contribution in [-0.4, -0.2) is 19.1 Å². The second kappa shape index (κ2) is 6.12. The Kier molecular flexibility index (Phi) is 4.51. The fourth-order valence-corrected chi connectivity index (χ4v) is 2.29. The van der Waals surface area contributed by atoms with Crippen molar-refractivity contribution in [3.8, 4) is 0 Å². The Morgan fingerprint density at radius 1 is 1.35 bits per heavy atom. The van der Waals surface area contributed by atoms with Crippen LogP contribution in [0.5, 0.6) is 0 Å². The van der Waals surface area contributed by atoms with Gasteiger partial charge in [-0.1, -0.05) is 18.6 Å². The average Bonchev–Trinajstić information content (AvgIpc) is 2.38. The number of nitrogens with one attached hydrogen (secondary N) is 2. The first-order valence-corrected chi connectivity index (χ1v) is 6.48. The van der Waals surface area contributed by atoms with Gasteiger partial charge in [0.25, 0.3) is 0 Å². The molecule has 0 saturated carbocycles. The van der Waals surface area contributed by atoms with Crippen LogP contribution >= 0.6 is 0 Å². The van der Waals surface area contributed by atoms with E-state index in [4.69, 9.17) is 0 Å². The van der Waals surface area contributed by atoms with Gasteiger partial charge in [0.2, 0.25) is 0 Å². The first-order chi connectivity index (χ1) is 8.25. The van der Waals surface area contributed by atoms with Gasteiger partial charge in [-0.15, -0.1) is 0 Å². The van der Waals surface area contributed by atoms with Crippen molar-refractivity contribution >= 4 is 0 Å². The van der Waals surface area contributed by atoms with E-state index >= 15 is 0 Å². The van der Waals surface area contributed by atoms with Crippen molar-refractivity contribution in [3.05, 3.63) is 35.6 Å². The van der Waals surface area contributed by atoms with Crippen molar-refractivity contribution in [2.24, 2.45) is 0 Å². The minimum absolute atomic E-state index is 0.171. The van der Waals surface area contributed by atoms with Crippen molar-refractivity contribution < 1.29 is 4.39 Å². The SMILES string of the molecule is CC(NCC1CCCCN1)c1ccc(F)cc1. The Hall–Kier alpha value is -0.930. The Labute approximate surface area is 103 Å². The van der Waals surface area contributed by atoms with E-state index in [-0.39, 0.29) is 11.9 Å². The summed E-state index contributed by atoms with van der Waals surface area (Å²) in [6.45, 7) is 4.24. The van der Waals surface area contributed by atoms with E-state index in [0.29, 0.717) is 6.04 Å². The quantitative estimate of drug-likeness (QED) is 0.839. The number of halogens is 1. The van der Waals surface area contributed by atoms with E-state index in [2.05, 4.69) is 17.6 Å². The molecule has 1 aromatic carbocycles. The largest absolute Gasteiger partial charge is 0.313 e. The molecule has 94 valence electrons. The number of hydrogen-bond acceptors (Lipinski definition) is 2. The highest BCUT2D eigenvalue weighted by Gasteiger charge is 2.13. The van der Waals surface area contributed by atoms with E-state index in [1.807, 2.05) is 12.1 Å². The van der Waals surface area contributed by atoms with Crippen molar-refractivity contribution in [1.82, 2.24) is 10.6 Å². The van der Waals surface area contributed by atoms with Crippen LogP contribution in [0.1, 0.15) is 37.8 Å². The Bertz CT molecular complexity index is 331. The molecule has 0 aromatic heterocycles. The van der Waals surface area contributed by atoms with E-state index in [1.54, 1.807) is 0 Å². The highest BCUT2D eigenvalue weighted by molar-refractivity contribution is 5.19. The molecular formula is C14H21FN2. The Morgan fingerprint density at radius 2 is 2.12 bits per heavy atom. The van der Waals surface area contributed by atoms with Gasteiger partial charge in [0.05, 0.1) is 0 Å². The van der Waals surface area contributed by atoms with Gasteiger partial charge in [0.1, 0.15) is 5.82 Å². The summed E-state index contributed by atoms with van der Waals surface area (Å²) in [6.07, 6.45) is 3.87. The maximum atomic E-state index is 12.8. The fraction of sp³-hybridized carbons (Fsp3) is 0.571. The molecule has 17 heavy (non-hydrogen) atoms. The molecule has 2 N–H and O–H groups in total. The van der Waals surface area contributed by atoms with Crippen LogP contribution in [0.25, 0.3) is 0 Å². The predicted octanol–water partition coefficient (Wildman–Crippen LogP) is 2.62. The second-order valence-corrected chi connectivity index (χ2v) is 4.83. The molecule has 0 amide bonds. The minimum atomic E-state index is -0.171. The number of rotatable bonds is 4. The van der Waals surface area contributed by atoms with Crippen LogP contribution in [0.3, 0.4) is 0 Å². The molecule has 1 fully saturated rings. The van der Waals surface area contributed by atoms with Gasteiger partial charge < -0.3 is 10.6 Å². The predicted molar refractivity (Wildman–Crippen MR) is 68.5 cm³/mol. The van der Waals surface area contributed by atoms with Crippen LogP contribution in [0, 0.1) is 5.82 Å². The zero-order chi connectivity index (χ0) is 12.1. The lowest BCUT2D eigenvalue weighted by Gasteiger charge is -2.25. The molecule has 0 bridgehead atoms. The maximum absolute atomic E-state index is 12.8. The van der Waals surface area contributed by atoms with Crippen LogP contribution in [0.2, 0.25) is 0 Å². The molecule has 2 rings (SSSR count). The average molecular weight is 236 g/mol. The molecule has 1 heterocycles. The number of piperidine rings is 1. The molecule has 1 aromatic rings. The maximum Gasteiger partial charge on any atom is 0.123 e. The van der Waals surface area contributed by atoms with E-state index in [9.17, 15) is 4.39 Å². The molecule has 2 atom stereocenters. The zero-order valence-corrected chi connectivity index (χ0v) is 10.4. The molecule has 1 aliphatic rings. The van der Waals surface area contributed by atoms with Crippen LogP contribution in [0.15, 0.2) is 24.3 Å². The standard InChI is InChI=1S/C14H21FN2/c1-11(12-5-7-13(15)8-6-12)17-10-14-4-2-3-9-16-14/h5-8,11,14,16-17H,2-4,9-10H2,1H3. The first kappa shape index (κ1) is 12.5.